The third-order valence-corrected chi connectivity index (χ3v) is 23.3. The first kappa shape index (κ1) is 97.3. The van der Waals surface area contributed by atoms with E-state index >= 15 is 0 Å². The number of carbonyl (C=O) groups is 9. The summed E-state index contributed by atoms with van der Waals surface area (Å²) in [6.45, 7) is 17.1. The highest BCUT2D eigenvalue weighted by molar-refractivity contribution is 5.99. The van der Waals surface area contributed by atoms with Gasteiger partial charge in [0.15, 0.2) is 11.2 Å². The molecule has 0 aliphatic carbocycles. The highest BCUT2D eigenvalue weighted by atomic mass is 16.6. The van der Waals surface area contributed by atoms with Crippen LogP contribution in [-0.4, -0.2) is 218 Å². The van der Waals surface area contributed by atoms with Crippen molar-refractivity contribution >= 4 is 81.0 Å². The van der Waals surface area contributed by atoms with Gasteiger partial charge in [-0.3, -0.25) is 33.6 Å². The number of carbonyl (C=O) groups excluding carboxylic acids is 9. The van der Waals surface area contributed by atoms with Crippen LogP contribution < -0.4 is 52.9 Å². The van der Waals surface area contributed by atoms with Crippen LogP contribution in [0.3, 0.4) is 0 Å². The lowest BCUT2D eigenvalue weighted by molar-refractivity contribution is -0.172. The van der Waals surface area contributed by atoms with E-state index in [2.05, 4.69) is 33.5 Å². The molecule has 692 valence electrons. The van der Waals surface area contributed by atoms with Crippen LogP contribution >= 0.6 is 0 Å². The number of urea groups is 1. The molecule has 0 fully saturated rings. The quantitative estimate of drug-likeness (QED) is 0.0102. The van der Waals surface area contributed by atoms with Crippen molar-refractivity contribution in [2.45, 2.75) is 201 Å². The lowest BCUT2D eigenvalue weighted by Gasteiger charge is -2.31. The number of Topliss-reactive ketones (excluding diaryl/α,β-unsaturated/α-hetero) is 1. The number of fused-ring (bicyclic) bond motifs is 10. The Labute approximate surface area is 742 Å². The Morgan fingerprint density at radius 2 is 1.04 bits per heavy atom. The molecule has 9 N–H and O–H groups in total. The first-order valence-corrected chi connectivity index (χ1v) is 44.5. The van der Waals surface area contributed by atoms with Crippen molar-refractivity contribution in [3.05, 3.63) is 144 Å². The van der Waals surface area contributed by atoms with E-state index in [1.807, 2.05) is 50.2 Å². The number of unbranched alkanes of at least 4 members (excludes halogenated alkanes) is 3. The lowest BCUT2D eigenvalue weighted by atomic mass is 9.86. The van der Waals surface area contributed by atoms with Gasteiger partial charge in [0, 0.05) is 97.2 Å². The number of aromatic nitrogens is 4. The van der Waals surface area contributed by atoms with Gasteiger partial charge in [0.2, 0.25) is 23.6 Å². The molecule has 3 aromatic carbocycles. The Bertz CT molecular complexity index is 4990. The van der Waals surface area contributed by atoms with E-state index in [1.165, 1.54) is 4.90 Å². The van der Waals surface area contributed by atoms with E-state index in [0.29, 0.717) is 122 Å². The van der Waals surface area contributed by atoms with Crippen LogP contribution in [0.25, 0.3) is 44.6 Å². The second-order valence-corrected chi connectivity index (χ2v) is 32.3. The number of anilines is 1. The van der Waals surface area contributed by atoms with E-state index in [1.54, 1.807) is 73.2 Å². The predicted molar refractivity (Wildman–Crippen MR) is 471 cm³/mol. The number of hydrogen-bond donors (Lipinski definition) is 8. The molecule has 0 bridgehead atoms. The van der Waals surface area contributed by atoms with Crippen LogP contribution in [0.15, 0.2) is 82.4 Å². The summed E-state index contributed by atoms with van der Waals surface area (Å²) in [4.78, 5) is 156. The van der Waals surface area contributed by atoms with Gasteiger partial charge in [0.05, 0.1) is 131 Å². The number of primary amides is 1. The third kappa shape index (κ3) is 24.8. The van der Waals surface area contributed by atoms with E-state index in [4.69, 9.17) is 67.8 Å². The van der Waals surface area contributed by atoms with Crippen molar-refractivity contribution < 1.29 is 105 Å². The Hall–Kier alpha value is -11.3. The number of benzene rings is 3. The van der Waals surface area contributed by atoms with Gasteiger partial charge in [-0.05, 0) is 135 Å². The number of aryl methyl sites for hydroxylation is 2. The minimum absolute atomic E-state index is 0.0282. The fraction of sp³-hybridized carbons (Fsp3) is 0.538. The van der Waals surface area contributed by atoms with Crippen LogP contribution in [0, 0.1) is 5.92 Å². The molecule has 0 unspecified atom stereocenters. The normalized spacial score (nSPS) is 15.6. The topological polar surface area (TPSA) is 455 Å². The first-order valence-electron chi connectivity index (χ1n) is 44.5. The molecule has 4 atom stereocenters. The van der Waals surface area contributed by atoms with Crippen molar-refractivity contribution in [1.29, 1.82) is 0 Å². The molecular weight excluding hydrogens is 1660 g/mol. The minimum Gasteiger partial charge on any atom is -0.491 e. The Morgan fingerprint density at radius 3 is 1.54 bits per heavy atom. The number of rotatable bonds is 54. The molecule has 11 rings (SSSR count). The molecule has 8 heterocycles. The smallest absolute Gasteiger partial charge is 0.410 e. The van der Waals surface area contributed by atoms with E-state index < -0.39 is 59.2 Å². The van der Waals surface area contributed by atoms with Gasteiger partial charge in [-0.1, -0.05) is 79.9 Å². The number of aliphatic hydroxyl groups is 2. The van der Waals surface area contributed by atoms with Crippen molar-refractivity contribution in [3.8, 4) is 34.3 Å². The second-order valence-electron chi connectivity index (χ2n) is 32.3. The van der Waals surface area contributed by atoms with Gasteiger partial charge in [-0.2, -0.15) is 0 Å². The van der Waals surface area contributed by atoms with Crippen molar-refractivity contribution in [1.82, 2.24) is 45.3 Å². The number of esters is 2. The molecule has 7 amide bonds. The van der Waals surface area contributed by atoms with Crippen LogP contribution in [-0.2, 0) is 133 Å². The molecule has 7 aromatic rings. The third-order valence-electron chi connectivity index (χ3n) is 23.3. The number of cyclic esters (lactones) is 2. The monoisotopic (exact) mass is 1780 g/mol. The average Bonchev–Trinajstić information content (AvgIpc) is 1.59. The summed E-state index contributed by atoms with van der Waals surface area (Å²) in [5.74, 6) is -2.48. The summed E-state index contributed by atoms with van der Waals surface area (Å²) in [7, 11) is 0. The van der Waals surface area contributed by atoms with Gasteiger partial charge < -0.3 is 109 Å². The van der Waals surface area contributed by atoms with E-state index in [0.717, 1.165) is 52.3 Å². The summed E-state index contributed by atoms with van der Waals surface area (Å²) >= 11 is 0. The van der Waals surface area contributed by atoms with Crippen LogP contribution in [0.4, 0.5) is 15.3 Å². The molecule has 0 spiro atoms. The number of nitrogens with zero attached hydrogens (tertiary/aromatic N) is 5. The maximum absolute atomic E-state index is 13.9. The molecular formula is C93H121N11O24. The Balaban J connectivity index is 0.584. The molecule has 0 saturated heterocycles. The zero-order valence-corrected chi connectivity index (χ0v) is 74.2. The van der Waals surface area contributed by atoms with Crippen molar-refractivity contribution in [2.24, 2.45) is 11.7 Å². The summed E-state index contributed by atoms with van der Waals surface area (Å²) < 4.78 is 66.0. The number of hydrogen-bond acceptors (Lipinski definition) is 26. The lowest BCUT2D eigenvalue weighted by Crippen LogP contribution is -2.54. The molecule has 4 aromatic heterocycles. The first-order chi connectivity index (χ1) is 61.8. The highest BCUT2D eigenvalue weighted by Crippen LogP contribution is 2.44. The summed E-state index contributed by atoms with van der Waals surface area (Å²) in [6.07, 6.45) is 5.29. The van der Waals surface area contributed by atoms with Crippen molar-refractivity contribution in [3.63, 3.8) is 0 Å². The van der Waals surface area contributed by atoms with Crippen LogP contribution in [0.2, 0.25) is 0 Å². The van der Waals surface area contributed by atoms with Gasteiger partial charge in [-0.15, -0.1) is 0 Å². The maximum Gasteiger partial charge on any atom is 0.410 e. The summed E-state index contributed by atoms with van der Waals surface area (Å²) in [5, 5.41) is 38.1. The molecule has 0 radical (unpaired) electrons. The average molecular weight is 1780 g/mol. The van der Waals surface area contributed by atoms with Gasteiger partial charge in [-0.25, -0.2) is 29.1 Å². The molecule has 4 aliphatic rings. The molecule has 0 saturated carbocycles. The molecule has 4 aliphatic heterocycles. The fourth-order valence-corrected chi connectivity index (χ4v) is 16.1. The number of ketones is 1. The zero-order chi connectivity index (χ0) is 91.4. The zero-order valence-electron chi connectivity index (χ0n) is 74.2. The number of nitrogens with one attached hydrogen (secondary N) is 5. The van der Waals surface area contributed by atoms with Crippen LogP contribution in [0.1, 0.15) is 182 Å². The number of amides is 7. The summed E-state index contributed by atoms with van der Waals surface area (Å²) in [5.41, 5.74) is 10.4. The highest BCUT2D eigenvalue weighted by Gasteiger charge is 2.47. The molecule has 35 heteroatoms. The largest absolute Gasteiger partial charge is 0.491 e. The number of ether oxygens (including phenoxy) is 11. The fourth-order valence-electron chi connectivity index (χ4n) is 16.1. The SMILES string of the molecule is CCCCCCC(=O)N[C@H](C(=O)N[C@@H](CCCNC(N)=O)C(=O)Nc1ccc(COC(=O)N(CCC(=O)CCCOCCOCCOCCOc2ccc3nc4c(c(CC)c3c2)Cn2c-4cc3c(c2=O)COC(=O)[C@]3(O)CC)CCC(=O)NCCOCCOCCOCCOc2ccc3nc4c(c(CC)c3c2)Cn2c-4cc3c(c2=O)COC(=O)[C@]3(O)CC)cc1)C(C)C. The van der Waals surface area contributed by atoms with Gasteiger partial charge >= 0.3 is 24.1 Å². The molecule has 35 nitrogen and oxygen atoms in total. The van der Waals surface area contributed by atoms with E-state index in [9.17, 15) is 63.0 Å². The summed E-state index contributed by atoms with van der Waals surface area (Å²) in [6, 6.07) is 18.4. The number of nitrogens with two attached hydrogens (primary N) is 1. The second kappa shape index (κ2) is 47.1. The van der Waals surface area contributed by atoms with Crippen molar-refractivity contribution in [2.75, 3.05) is 124 Å². The number of pyridine rings is 4. The van der Waals surface area contributed by atoms with Crippen LogP contribution in [0.5, 0.6) is 11.5 Å². The standard InChI is InChI=1S/C93H121N11O24/c1-8-13-14-15-20-80(107)101-81(58(6)7)85(109)100-76(19-16-31-96-90(94)114)84(108)97-60-23-21-59(22-24-60)55-128-91(115)102(33-29-61(105)18-17-35-118-37-39-120-41-43-122-45-47-124-62-25-27-74-66(49-62)64(9-2)68-53-103-77(82(68)98-74)51-72-70(86(103)110)56-126-88(112)92(72,116)11-4)34-30-79(106)95-32-36-119-38-40-121-42-44-123-46-48-125-63-26-28-75-67(50-63)65(10-3)69-54-104-78(83(69)99-75)52-73-71(87(104)111)57-127-89(113)93(73,117)12-5/h21-28,49-52,58,76,81,116-117H,8-20,29-48,53-57H2,1-7H3,(H,95,106)(H,97,108)(H,100,109)(H,101,107)(H3,94,96,114)/t76-,81-,92-,93-/m0/s1. The van der Waals surface area contributed by atoms with E-state index in [-0.39, 0.29) is 220 Å². The Kier molecular flexibility index (Phi) is 35.8. The minimum atomic E-state index is -1.92. The van der Waals surface area contributed by atoms with Gasteiger partial charge in [0.1, 0.15) is 62.4 Å². The molecule has 128 heavy (non-hydrogen) atoms. The predicted octanol–water partition coefficient (Wildman–Crippen LogP) is 8.02. The Morgan fingerprint density at radius 1 is 0.531 bits per heavy atom. The van der Waals surface area contributed by atoms with Gasteiger partial charge in [0.25, 0.3) is 11.1 Å². The maximum atomic E-state index is 13.9.